The fourth-order valence-corrected chi connectivity index (χ4v) is 1.37. The Morgan fingerprint density at radius 3 is 2.85 bits per heavy atom. The highest BCUT2D eigenvalue weighted by Gasteiger charge is 2.20. The highest BCUT2D eigenvalue weighted by Crippen LogP contribution is 2.22. The number of hydrogen-bond donors (Lipinski definition) is 2. The molecular weight excluding hydrogens is 162 g/mol. The first kappa shape index (κ1) is 8.57. The van der Waals surface area contributed by atoms with E-state index in [1.165, 1.54) is 12.8 Å². The third-order valence-electron chi connectivity index (χ3n) is 2.40. The van der Waals surface area contributed by atoms with Crippen molar-refractivity contribution in [1.82, 2.24) is 5.32 Å². The number of rotatable bonds is 3. The Bertz CT molecular complexity index is 305. The molecule has 0 bridgehead atoms. The summed E-state index contributed by atoms with van der Waals surface area (Å²) in [4.78, 5) is 0. The average Bonchev–Trinajstić information content (AvgIpc) is 2.86. The van der Waals surface area contributed by atoms with Gasteiger partial charge in [-0.1, -0.05) is 12.1 Å². The van der Waals surface area contributed by atoms with Crippen LogP contribution in [0.3, 0.4) is 0 Å². The fourth-order valence-electron chi connectivity index (χ4n) is 1.37. The number of phenolic OH excluding ortho intramolecular Hbond substituents is 1. The molecule has 1 fully saturated rings. The molecule has 0 aromatic heterocycles. The third-order valence-corrected chi connectivity index (χ3v) is 2.40. The summed E-state index contributed by atoms with van der Waals surface area (Å²) in [6.45, 7) is 2.77. The summed E-state index contributed by atoms with van der Waals surface area (Å²) in [6.07, 6.45) is 2.57. The van der Waals surface area contributed by atoms with Crippen LogP contribution in [0.15, 0.2) is 18.2 Å². The molecule has 2 N–H and O–H groups in total. The monoisotopic (exact) mass is 177 g/mol. The van der Waals surface area contributed by atoms with Crippen molar-refractivity contribution in [3.05, 3.63) is 29.3 Å². The topological polar surface area (TPSA) is 32.3 Å². The SMILES string of the molecule is Cc1ccc(CNC2CC2)c(O)c1. The van der Waals surface area contributed by atoms with Gasteiger partial charge in [0.25, 0.3) is 0 Å². The molecule has 2 nitrogen and oxygen atoms in total. The summed E-state index contributed by atoms with van der Waals surface area (Å²) in [5.74, 6) is 0.410. The van der Waals surface area contributed by atoms with Crippen LogP contribution in [-0.2, 0) is 6.54 Å². The smallest absolute Gasteiger partial charge is 0.120 e. The van der Waals surface area contributed by atoms with Crippen molar-refractivity contribution in [2.75, 3.05) is 0 Å². The van der Waals surface area contributed by atoms with Gasteiger partial charge in [-0.25, -0.2) is 0 Å². The van der Waals surface area contributed by atoms with Crippen LogP contribution >= 0.6 is 0 Å². The molecule has 70 valence electrons. The number of phenols is 1. The first-order valence-corrected chi connectivity index (χ1v) is 4.77. The quantitative estimate of drug-likeness (QED) is 0.739. The van der Waals surface area contributed by atoms with Crippen LogP contribution in [0.25, 0.3) is 0 Å². The van der Waals surface area contributed by atoms with Gasteiger partial charge < -0.3 is 10.4 Å². The molecule has 1 aromatic rings. The molecule has 0 aliphatic heterocycles. The third kappa shape index (κ3) is 2.22. The Labute approximate surface area is 78.6 Å². The van der Waals surface area contributed by atoms with E-state index in [-0.39, 0.29) is 0 Å². The van der Waals surface area contributed by atoms with Crippen LogP contribution in [0, 0.1) is 6.92 Å². The zero-order valence-electron chi connectivity index (χ0n) is 7.88. The van der Waals surface area contributed by atoms with Gasteiger partial charge >= 0.3 is 0 Å². The van der Waals surface area contributed by atoms with Gasteiger partial charge in [-0.05, 0) is 31.4 Å². The number of hydrogen-bond acceptors (Lipinski definition) is 2. The number of aryl methyl sites for hydroxylation is 1. The van der Waals surface area contributed by atoms with Gasteiger partial charge in [-0.3, -0.25) is 0 Å². The molecule has 1 aromatic carbocycles. The lowest BCUT2D eigenvalue weighted by Crippen LogP contribution is -2.15. The van der Waals surface area contributed by atoms with Crippen molar-refractivity contribution >= 4 is 0 Å². The standard InChI is InChI=1S/C11H15NO/c1-8-2-3-9(11(13)6-8)7-12-10-4-5-10/h2-3,6,10,12-13H,4-5,7H2,1H3. The van der Waals surface area contributed by atoms with Crippen molar-refractivity contribution in [3.63, 3.8) is 0 Å². The second-order valence-electron chi connectivity index (χ2n) is 3.79. The van der Waals surface area contributed by atoms with Crippen LogP contribution in [0.2, 0.25) is 0 Å². The predicted molar refractivity (Wildman–Crippen MR) is 52.7 cm³/mol. The molecule has 0 amide bonds. The van der Waals surface area contributed by atoms with E-state index >= 15 is 0 Å². The lowest BCUT2D eigenvalue weighted by Gasteiger charge is -2.06. The second kappa shape index (κ2) is 3.38. The molecule has 0 spiro atoms. The molecule has 1 aliphatic rings. The van der Waals surface area contributed by atoms with Gasteiger partial charge in [0, 0.05) is 18.2 Å². The summed E-state index contributed by atoms with van der Waals surface area (Å²) in [5, 5.41) is 13.0. The first-order valence-electron chi connectivity index (χ1n) is 4.77. The molecule has 2 heteroatoms. The van der Waals surface area contributed by atoms with E-state index in [9.17, 15) is 5.11 Å². The molecule has 0 radical (unpaired) electrons. The summed E-state index contributed by atoms with van der Waals surface area (Å²) in [5.41, 5.74) is 2.10. The normalized spacial score (nSPS) is 16.1. The van der Waals surface area contributed by atoms with E-state index < -0.39 is 0 Å². The van der Waals surface area contributed by atoms with Gasteiger partial charge in [-0.15, -0.1) is 0 Å². The summed E-state index contributed by atoms with van der Waals surface area (Å²) in [6, 6.07) is 6.52. The zero-order chi connectivity index (χ0) is 9.26. The van der Waals surface area contributed by atoms with Crippen LogP contribution in [0.5, 0.6) is 5.75 Å². The van der Waals surface area contributed by atoms with Gasteiger partial charge in [-0.2, -0.15) is 0 Å². The molecule has 1 saturated carbocycles. The number of benzene rings is 1. The van der Waals surface area contributed by atoms with Crippen molar-refractivity contribution in [3.8, 4) is 5.75 Å². The van der Waals surface area contributed by atoms with Crippen molar-refractivity contribution in [2.24, 2.45) is 0 Å². The Morgan fingerprint density at radius 1 is 1.46 bits per heavy atom. The van der Waals surface area contributed by atoms with E-state index in [2.05, 4.69) is 5.32 Å². The van der Waals surface area contributed by atoms with E-state index in [1.807, 2.05) is 25.1 Å². The number of nitrogens with one attached hydrogen (secondary N) is 1. The first-order chi connectivity index (χ1) is 6.25. The van der Waals surface area contributed by atoms with Gasteiger partial charge in [0.2, 0.25) is 0 Å². The molecular formula is C11H15NO. The van der Waals surface area contributed by atoms with E-state index in [0.717, 1.165) is 17.7 Å². The minimum absolute atomic E-state index is 0.410. The summed E-state index contributed by atoms with van der Waals surface area (Å²) in [7, 11) is 0. The van der Waals surface area contributed by atoms with Crippen LogP contribution in [-0.4, -0.2) is 11.1 Å². The summed E-state index contributed by atoms with van der Waals surface area (Å²) >= 11 is 0. The van der Waals surface area contributed by atoms with E-state index in [0.29, 0.717) is 11.8 Å². The van der Waals surface area contributed by atoms with Crippen molar-refractivity contribution in [2.45, 2.75) is 32.4 Å². The highest BCUT2D eigenvalue weighted by molar-refractivity contribution is 5.35. The van der Waals surface area contributed by atoms with E-state index in [4.69, 9.17) is 0 Å². The predicted octanol–water partition coefficient (Wildman–Crippen LogP) is 1.95. The Morgan fingerprint density at radius 2 is 2.23 bits per heavy atom. The van der Waals surface area contributed by atoms with Gasteiger partial charge in [0.1, 0.15) is 5.75 Å². The molecule has 1 aliphatic carbocycles. The number of aromatic hydroxyl groups is 1. The second-order valence-corrected chi connectivity index (χ2v) is 3.79. The minimum atomic E-state index is 0.410. The lowest BCUT2D eigenvalue weighted by atomic mass is 10.1. The summed E-state index contributed by atoms with van der Waals surface area (Å²) < 4.78 is 0. The average molecular weight is 177 g/mol. The van der Waals surface area contributed by atoms with Crippen LogP contribution in [0.1, 0.15) is 24.0 Å². The molecule has 2 rings (SSSR count). The van der Waals surface area contributed by atoms with Gasteiger partial charge in [0.15, 0.2) is 0 Å². The Kier molecular flexibility index (Phi) is 2.23. The van der Waals surface area contributed by atoms with Crippen molar-refractivity contribution in [1.29, 1.82) is 0 Å². The van der Waals surface area contributed by atoms with Gasteiger partial charge in [0.05, 0.1) is 0 Å². The fraction of sp³-hybridized carbons (Fsp3) is 0.455. The maximum Gasteiger partial charge on any atom is 0.120 e. The molecule has 13 heavy (non-hydrogen) atoms. The van der Waals surface area contributed by atoms with Crippen LogP contribution < -0.4 is 5.32 Å². The van der Waals surface area contributed by atoms with Crippen molar-refractivity contribution < 1.29 is 5.11 Å². The zero-order valence-corrected chi connectivity index (χ0v) is 7.88. The van der Waals surface area contributed by atoms with Crippen LogP contribution in [0.4, 0.5) is 0 Å². The Balaban J connectivity index is 2.01. The largest absolute Gasteiger partial charge is 0.508 e. The molecule has 0 unspecified atom stereocenters. The highest BCUT2D eigenvalue weighted by atomic mass is 16.3. The minimum Gasteiger partial charge on any atom is -0.508 e. The molecule has 0 heterocycles. The molecule has 0 atom stereocenters. The maximum absolute atomic E-state index is 9.58. The molecule has 0 saturated heterocycles. The Hall–Kier alpha value is -1.02. The van der Waals surface area contributed by atoms with E-state index in [1.54, 1.807) is 0 Å². The lowest BCUT2D eigenvalue weighted by molar-refractivity contribution is 0.464. The maximum atomic E-state index is 9.58.